The molecule has 170 valence electrons. The van der Waals surface area contributed by atoms with Crippen LogP contribution in [-0.2, 0) is 9.53 Å². The van der Waals surface area contributed by atoms with Crippen LogP contribution in [0.2, 0.25) is 0 Å². The lowest BCUT2D eigenvalue weighted by Crippen LogP contribution is -2.29. The third-order valence-electron chi connectivity index (χ3n) is 5.19. The van der Waals surface area contributed by atoms with Crippen molar-refractivity contribution < 1.29 is 14.3 Å². The summed E-state index contributed by atoms with van der Waals surface area (Å²) in [5.74, 6) is -1.80. The van der Waals surface area contributed by atoms with Gasteiger partial charge in [-0.1, -0.05) is 78.9 Å². The number of benzene rings is 3. The van der Waals surface area contributed by atoms with E-state index in [2.05, 4.69) is 10.4 Å². The van der Waals surface area contributed by atoms with Crippen LogP contribution in [0, 0.1) is 0 Å². The number of aromatic nitrogens is 2. The molecule has 4 aromatic rings. The molecule has 0 aliphatic heterocycles. The Morgan fingerprint density at radius 2 is 1.41 bits per heavy atom. The predicted octanol–water partition coefficient (Wildman–Crippen LogP) is 4.18. The molecule has 4 rings (SSSR count). The molecule has 34 heavy (non-hydrogen) atoms. The molecular formula is C27H23N3O4. The molecule has 1 N–H and O–H groups in total. The molecule has 0 saturated heterocycles. The van der Waals surface area contributed by atoms with Crippen LogP contribution in [0.15, 0.2) is 102 Å². The minimum absolute atomic E-state index is 0.00232. The van der Waals surface area contributed by atoms with Crippen molar-refractivity contribution >= 4 is 17.6 Å². The summed E-state index contributed by atoms with van der Waals surface area (Å²) >= 11 is 0. The van der Waals surface area contributed by atoms with E-state index in [0.717, 1.165) is 15.8 Å². The zero-order valence-electron chi connectivity index (χ0n) is 18.5. The van der Waals surface area contributed by atoms with Crippen molar-refractivity contribution in [3.05, 3.63) is 124 Å². The average molecular weight is 453 g/mol. The topological polar surface area (TPSA) is 90.3 Å². The van der Waals surface area contributed by atoms with Gasteiger partial charge >= 0.3 is 5.97 Å². The van der Waals surface area contributed by atoms with Crippen LogP contribution < -0.4 is 10.9 Å². The van der Waals surface area contributed by atoms with Gasteiger partial charge in [-0.25, -0.2) is 4.79 Å². The van der Waals surface area contributed by atoms with Crippen LogP contribution in [-0.4, -0.2) is 28.3 Å². The summed E-state index contributed by atoms with van der Waals surface area (Å²) < 4.78 is 6.25. The van der Waals surface area contributed by atoms with Crippen LogP contribution >= 0.6 is 0 Å². The highest BCUT2D eigenvalue weighted by atomic mass is 16.5. The highest BCUT2D eigenvalue weighted by Gasteiger charge is 2.26. The van der Waals surface area contributed by atoms with Gasteiger partial charge in [0.05, 0.1) is 23.9 Å². The minimum atomic E-state index is -0.738. The maximum atomic E-state index is 13.5. The van der Waals surface area contributed by atoms with E-state index in [1.54, 1.807) is 31.2 Å². The third kappa shape index (κ3) is 4.94. The molecule has 7 heteroatoms. The number of ether oxygens (including phenoxy) is 1. The van der Waals surface area contributed by atoms with E-state index in [-0.39, 0.29) is 18.0 Å². The Morgan fingerprint density at radius 3 is 1.94 bits per heavy atom. The van der Waals surface area contributed by atoms with Gasteiger partial charge in [-0.2, -0.15) is 9.78 Å². The fraction of sp³-hybridized carbons (Fsp3) is 0.111. The van der Waals surface area contributed by atoms with Crippen LogP contribution in [0.25, 0.3) is 5.69 Å². The highest BCUT2D eigenvalue weighted by molar-refractivity contribution is 6.03. The van der Waals surface area contributed by atoms with E-state index in [4.69, 9.17) is 4.74 Å². The minimum Gasteiger partial charge on any atom is -0.461 e. The van der Waals surface area contributed by atoms with Gasteiger partial charge in [0.25, 0.3) is 5.56 Å². The van der Waals surface area contributed by atoms with Gasteiger partial charge in [0.15, 0.2) is 5.69 Å². The summed E-state index contributed by atoms with van der Waals surface area (Å²) in [6.07, 6.45) is 0. The van der Waals surface area contributed by atoms with Gasteiger partial charge in [-0.05, 0) is 30.2 Å². The van der Waals surface area contributed by atoms with Crippen molar-refractivity contribution in [1.82, 2.24) is 9.78 Å². The van der Waals surface area contributed by atoms with Crippen LogP contribution in [0.1, 0.15) is 34.5 Å². The van der Waals surface area contributed by atoms with Gasteiger partial charge in [0.2, 0.25) is 5.91 Å². The first kappa shape index (κ1) is 22.7. The molecule has 7 nitrogen and oxygen atoms in total. The largest absolute Gasteiger partial charge is 0.461 e. The number of nitrogens with one attached hydrogen (secondary N) is 1. The van der Waals surface area contributed by atoms with Gasteiger partial charge in [-0.3, -0.25) is 9.59 Å². The molecule has 3 aromatic carbocycles. The zero-order chi connectivity index (χ0) is 23.9. The van der Waals surface area contributed by atoms with E-state index in [9.17, 15) is 14.4 Å². The third-order valence-corrected chi connectivity index (χ3v) is 5.19. The molecule has 1 heterocycles. The van der Waals surface area contributed by atoms with Crippen molar-refractivity contribution in [1.29, 1.82) is 0 Å². The van der Waals surface area contributed by atoms with Crippen LogP contribution in [0.3, 0.4) is 0 Å². The van der Waals surface area contributed by atoms with E-state index in [1.807, 2.05) is 66.7 Å². The number of esters is 1. The molecule has 0 radical (unpaired) electrons. The lowest BCUT2D eigenvalue weighted by Gasteiger charge is -2.19. The molecular weight excluding hydrogens is 430 g/mol. The smallest absolute Gasteiger partial charge is 0.360 e. The monoisotopic (exact) mass is 453 g/mol. The summed E-state index contributed by atoms with van der Waals surface area (Å²) in [5, 5.41) is 6.98. The molecule has 0 bridgehead atoms. The molecule has 0 fully saturated rings. The molecule has 1 aromatic heterocycles. The molecule has 1 amide bonds. The fourth-order valence-electron chi connectivity index (χ4n) is 3.65. The number of anilines is 1. The number of amides is 1. The lowest BCUT2D eigenvalue weighted by atomic mass is 9.90. The zero-order valence-corrected chi connectivity index (χ0v) is 18.5. The normalized spacial score (nSPS) is 10.6. The first-order valence-corrected chi connectivity index (χ1v) is 10.9. The van der Waals surface area contributed by atoms with Gasteiger partial charge in [0.1, 0.15) is 0 Å². The second kappa shape index (κ2) is 10.4. The standard InChI is InChI=1S/C27H23N3O4/c1-2-34-27(33)25-22(18-23(31)30(29-25)21-16-10-5-11-17-21)28-26(32)24(19-12-6-3-7-13-19)20-14-8-4-9-15-20/h3-18,24H,2H2,1H3,(H,28,32). The Bertz CT molecular complexity index is 1300. The molecule has 0 aliphatic carbocycles. The maximum absolute atomic E-state index is 13.5. The van der Waals surface area contributed by atoms with Gasteiger partial charge in [-0.15, -0.1) is 0 Å². The van der Waals surface area contributed by atoms with Gasteiger partial charge < -0.3 is 10.1 Å². The average Bonchev–Trinajstić information content (AvgIpc) is 2.86. The number of carbonyl (C=O) groups is 2. The summed E-state index contributed by atoms with van der Waals surface area (Å²) in [7, 11) is 0. The number of para-hydroxylation sites is 1. The summed E-state index contributed by atoms with van der Waals surface area (Å²) in [5.41, 5.74) is 1.38. The second-order valence-electron chi connectivity index (χ2n) is 7.46. The molecule has 0 aliphatic rings. The van der Waals surface area contributed by atoms with Gasteiger partial charge in [0, 0.05) is 6.07 Å². The Labute approximate surface area is 196 Å². The second-order valence-corrected chi connectivity index (χ2v) is 7.46. The number of nitrogens with zero attached hydrogens (tertiary/aromatic N) is 2. The summed E-state index contributed by atoms with van der Waals surface area (Å²) in [6, 6.07) is 28.5. The quantitative estimate of drug-likeness (QED) is 0.424. The van der Waals surface area contributed by atoms with Crippen LogP contribution in [0.4, 0.5) is 5.69 Å². The SMILES string of the molecule is CCOC(=O)c1nn(-c2ccccc2)c(=O)cc1NC(=O)C(c1ccccc1)c1ccccc1. The van der Waals surface area contributed by atoms with E-state index in [1.165, 1.54) is 6.07 Å². The number of hydrogen-bond donors (Lipinski definition) is 1. The Kier molecular flexibility index (Phi) is 6.93. The Morgan fingerprint density at radius 1 is 0.882 bits per heavy atom. The summed E-state index contributed by atoms with van der Waals surface area (Å²) in [6.45, 7) is 1.79. The number of rotatable bonds is 7. The first-order valence-electron chi connectivity index (χ1n) is 10.9. The molecule has 0 saturated carbocycles. The Hall–Kier alpha value is -4.52. The van der Waals surface area contributed by atoms with Crippen LogP contribution in [0.5, 0.6) is 0 Å². The first-order chi connectivity index (χ1) is 16.6. The van der Waals surface area contributed by atoms with E-state index < -0.39 is 23.4 Å². The molecule has 0 unspecified atom stereocenters. The number of carbonyl (C=O) groups excluding carboxylic acids is 2. The lowest BCUT2D eigenvalue weighted by molar-refractivity contribution is -0.116. The van der Waals surface area contributed by atoms with Crippen molar-refractivity contribution in [3.63, 3.8) is 0 Å². The number of hydrogen-bond acceptors (Lipinski definition) is 5. The van der Waals surface area contributed by atoms with Crippen molar-refractivity contribution in [2.24, 2.45) is 0 Å². The predicted molar refractivity (Wildman–Crippen MR) is 129 cm³/mol. The van der Waals surface area contributed by atoms with E-state index >= 15 is 0 Å². The molecule has 0 atom stereocenters. The van der Waals surface area contributed by atoms with Crippen molar-refractivity contribution in [2.45, 2.75) is 12.8 Å². The Balaban J connectivity index is 1.77. The van der Waals surface area contributed by atoms with E-state index in [0.29, 0.717) is 5.69 Å². The molecule has 0 spiro atoms. The summed E-state index contributed by atoms with van der Waals surface area (Å²) in [4.78, 5) is 39.1. The fourth-order valence-corrected chi connectivity index (χ4v) is 3.65. The van der Waals surface area contributed by atoms with Crippen molar-refractivity contribution in [3.8, 4) is 5.69 Å². The highest BCUT2D eigenvalue weighted by Crippen LogP contribution is 2.27. The maximum Gasteiger partial charge on any atom is 0.360 e. The van der Waals surface area contributed by atoms with Crippen molar-refractivity contribution in [2.75, 3.05) is 11.9 Å².